The summed E-state index contributed by atoms with van der Waals surface area (Å²) < 4.78 is 0. The molecule has 0 radical (unpaired) electrons. The number of rotatable bonds is 5. The zero-order chi connectivity index (χ0) is 17.1. The average Bonchev–Trinajstić information content (AvgIpc) is 3.21. The largest absolute Gasteiger partial charge is 0.394 e. The molecule has 2 aromatic rings. The minimum Gasteiger partial charge on any atom is -0.394 e. The van der Waals surface area contributed by atoms with E-state index in [0.29, 0.717) is 13.0 Å². The Balaban J connectivity index is 0.00000225. The second kappa shape index (κ2) is 8.73. The van der Waals surface area contributed by atoms with Gasteiger partial charge in [0.1, 0.15) is 0 Å². The summed E-state index contributed by atoms with van der Waals surface area (Å²) in [4.78, 5) is 17.6. The van der Waals surface area contributed by atoms with Gasteiger partial charge in [-0.15, -0.1) is 23.7 Å². The molecule has 1 aliphatic heterocycles. The van der Waals surface area contributed by atoms with Gasteiger partial charge in [0.15, 0.2) is 0 Å². The Bertz CT molecular complexity index is 707. The Morgan fingerprint density at radius 1 is 1.44 bits per heavy atom. The summed E-state index contributed by atoms with van der Waals surface area (Å²) >= 11 is 1.59. The molecule has 1 aromatic carbocycles. The number of nitrogens with one attached hydrogen (secondary N) is 2. The van der Waals surface area contributed by atoms with E-state index in [2.05, 4.69) is 15.6 Å². The molecule has 3 atom stereocenters. The number of carbonyl (C=O) groups excluding carboxylic acids is 1. The van der Waals surface area contributed by atoms with Gasteiger partial charge in [-0.2, -0.15) is 0 Å². The third-order valence-corrected chi connectivity index (χ3v) is 5.22. The van der Waals surface area contributed by atoms with Crippen molar-refractivity contribution < 1.29 is 15.0 Å². The van der Waals surface area contributed by atoms with E-state index in [1.807, 2.05) is 36.7 Å². The van der Waals surface area contributed by atoms with Crippen LogP contribution >= 0.6 is 23.7 Å². The highest BCUT2D eigenvalue weighted by molar-refractivity contribution is 7.13. The van der Waals surface area contributed by atoms with Crippen molar-refractivity contribution >= 4 is 29.7 Å². The van der Waals surface area contributed by atoms with E-state index in [9.17, 15) is 15.0 Å². The molecular formula is C17H22ClN3O3S. The number of aromatic nitrogens is 1. The number of hydrogen-bond acceptors (Lipinski definition) is 6. The molecule has 25 heavy (non-hydrogen) atoms. The third-order valence-electron chi connectivity index (χ3n) is 4.24. The summed E-state index contributed by atoms with van der Waals surface area (Å²) in [5.74, 6) is -0.201. The number of carbonyl (C=O) groups is 1. The molecule has 0 saturated carbocycles. The maximum atomic E-state index is 12.2. The van der Waals surface area contributed by atoms with E-state index in [-0.39, 0.29) is 24.9 Å². The minimum absolute atomic E-state index is 0. The Morgan fingerprint density at radius 3 is 2.68 bits per heavy atom. The zero-order valence-corrected chi connectivity index (χ0v) is 15.4. The molecule has 3 rings (SSSR count). The number of β-amino-alcohol motifs (C(OH)–C–C–N with tert-alkyl or cyclic N) is 1. The van der Waals surface area contributed by atoms with Gasteiger partial charge in [0.25, 0.3) is 0 Å². The lowest BCUT2D eigenvalue weighted by Gasteiger charge is -2.19. The summed E-state index contributed by atoms with van der Waals surface area (Å²) in [7, 11) is 0. The second-order valence-corrected chi connectivity index (χ2v) is 6.84. The van der Waals surface area contributed by atoms with Gasteiger partial charge < -0.3 is 20.8 Å². The molecule has 6 nitrogen and oxygen atoms in total. The third kappa shape index (κ3) is 4.56. The number of benzene rings is 1. The Labute approximate surface area is 156 Å². The second-order valence-electron chi connectivity index (χ2n) is 5.98. The van der Waals surface area contributed by atoms with Crippen molar-refractivity contribution in [3.05, 3.63) is 41.0 Å². The van der Waals surface area contributed by atoms with Gasteiger partial charge in [0.05, 0.1) is 40.9 Å². The van der Waals surface area contributed by atoms with E-state index in [1.54, 1.807) is 11.3 Å². The number of hydrogen-bond donors (Lipinski definition) is 4. The molecule has 1 fully saturated rings. The summed E-state index contributed by atoms with van der Waals surface area (Å²) in [5, 5.41) is 24.9. The molecule has 1 amide bonds. The number of aliphatic hydroxyl groups excluding tert-OH is 2. The fourth-order valence-corrected chi connectivity index (χ4v) is 3.68. The van der Waals surface area contributed by atoms with E-state index in [0.717, 1.165) is 21.7 Å². The van der Waals surface area contributed by atoms with Crippen molar-refractivity contribution in [2.45, 2.75) is 31.5 Å². The van der Waals surface area contributed by atoms with E-state index in [4.69, 9.17) is 0 Å². The first-order valence-corrected chi connectivity index (χ1v) is 8.79. The summed E-state index contributed by atoms with van der Waals surface area (Å²) in [5.41, 5.74) is 4.72. The highest BCUT2D eigenvalue weighted by Gasteiger charge is 2.29. The van der Waals surface area contributed by atoms with Crippen LogP contribution in [0.1, 0.15) is 23.7 Å². The standard InChI is InChI=1S/C17H21N3O3S.ClH/c1-10-16(24-9-19-10)12-4-2-11(3-5-12)15(8-21)20-17(23)14-6-13(22)7-18-14;/h2-5,9,13-15,18,21-22H,6-8H2,1H3,(H,20,23);1H/t13-,14+,15?;/m1./s1. The Hall–Kier alpha value is -1.51. The van der Waals surface area contributed by atoms with Gasteiger partial charge in [-0.3, -0.25) is 4.79 Å². The highest BCUT2D eigenvalue weighted by atomic mass is 35.5. The maximum absolute atomic E-state index is 12.2. The van der Waals surface area contributed by atoms with Crippen LogP contribution in [0.2, 0.25) is 0 Å². The van der Waals surface area contributed by atoms with Crippen molar-refractivity contribution in [2.75, 3.05) is 13.2 Å². The first-order chi connectivity index (χ1) is 11.6. The first kappa shape index (κ1) is 19.8. The van der Waals surface area contributed by atoms with E-state index >= 15 is 0 Å². The van der Waals surface area contributed by atoms with Gasteiger partial charge in [-0.25, -0.2) is 4.98 Å². The molecule has 136 valence electrons. The predicted octanol–water partition coefficient (Wildman–Crippen LogP) is 1.41. The monoisotopic (exact) mass is 383 g/mol. The zero-order valence-electron chi connectivity index (χ0n) is 13.8. The van der Waals surface area contributed by atoms with E-state index < -0.39 is 18.2 Å². The molecule has 1 saturated heterocycles. The predicted molar refractivity (Wildman–Crippen MR) is 99.9 cm³/mol. The molecule has 8 heteroatoms. The summed E-state index contributed by atoms with van der Waals surface area (Å²) in [6.45, 7) is 2.21. The van der Waals surface area contributed by atoms with Crippen LogP contribution in [0, 0.1) is 6.92 Å². The summed E-state index contributed by atoms with van der Waals surface area (Å²) in [6.07, 6.45) is -0.0941. The molecule has 2 heterocycles. The molecule has 4 N–H and O–H groups in total. The van der Waals surface area contributed by atoms with Crippen LogP contribution in [0.15, 0.2) is 29.8 Å². The average molecular weight is 384 g/mol. The van der Waals surface area contributed by atoms with Gasteiger partial charge in [-0.1, -0.05) is 24.3 Å². The lowest BCUT2D eigenvalue weighted by molar-refractivity contribution is -0.124. The first-order valence-electron chi connectivity index (χ1n) is 7.91. The lowest BCUT2D eigenvalue weighted by Crippen LogP contribution is -2.42. The van der Waals surface area contributed by atoms with Crippen LogP contribution in [-0.2, 0) is 4.79 Å². The Kier molecular flexibility index (Phi) is 6.92. The van der Waals surface area contributed by atoms with Crippen molar-refractivity contribution in [1.82, 2.24) is 15.6 Å². The topological polar surface area (TPSA) is 94.5 Å². The summed E-state index contributed by atoms with van der Waals surface area (Å²) in [6, 6.07) is 6.89. The quantitative estimate of drug-likeness (QED) is 0.626. The van der Waals surface area contributed by atoms with Crippen LogP contribution in [0.4, 0.5) is 0 Å². The smallest absolute Gasteiger partial charge is 0.237 e. The van der Waals surface area contributed by atoms with Gasteiger partial charge in [0.2, 0.25) is 5.91 Å². The van der Waals surface area contributed by atoms with Crippen LogP contribution in [-0.4, -0.2) is 46.4 Å². The molecule has 0 bridgehead atoms. The van der Waals surface area contributed by atoms with Crippen molar-refractivity contribution in [3.8, 4) is 10.4 Å². The van der Waals surface area contributed by atoms with Gasteiger partial charge >= 0.3 is 0 Å². The number of aryl methyl sites for hydroxylation is 1. The molecule has 1 aliphatic rings. The number of halogens is 1. The van der Waals surface area contributed by atoms with Crippen LogP contribution in [0.25, 0.3) is 10.4 Å². The number of nitrogens with zero attached hydrogens (tertiary/aromatic N) is 1. The molecule has 0 spiro atoms. The number of aliphatic hydroxyl groups is 2. The van der Waals surface area contributed by atoms with E-state index in [1.165, 1.54) is 0 Å². The Morgan fingerprint density at radius 2 is 2.16 bits per heavy atom. The number of amides is 1. The van der Waals surface area contributed by atoms with Crippen molar-refractivity contribution in [1.29, 1.82) is 0 Å². The molecule has 1 aromatic heterocycles. The SMILES string of the molecule is Cc1ncsc1-c1ccc(C(CO)NC(=O)[C@@H]2C[C@@H](O)CN2)cc1.Cl. The highest BCUT2D eigenvalue weighted by Crippen LogP contribution is 2.28. The molecular weight excluding hydrogens is 362 g/mol. The van der Waals surface area contributed by atoms with Crippen molar-refractivity contribution in [2.24, 2.45) is 0 Å². The molecule has 0 aliphatic carbocycles. The lowest BCUT2D eigenvalue weighted by atomic mass is 10.0. The van der Waals surface area contributed by atoms with Crippen LogP contribution in [0.3, 0.4) is 0 Å². The van der Waals surface area contributed by atoms with Crippen LogP contribution < -0.4 is 10.6 Å². The maximum Gasteiger partial charge on any atom is 0.237 e. The molecule has 1 unspecified atom stereocenters. The fourth-order valence-electron chi connectivity index (χ4n) is 2.87. The normalized spacial score (nSPS) is 20.8. The van der Waals surface area contributed by atoms with Crippen molar-refractivity contribution in [3.63, 3.8) is 0 Å². The van der Waals surface area contributed by atoms with Crippen LogP contribution in [0.5, 0.6) is 0 Å². The fraction of sp³-hybridized carbons (Fsp3) is 0.412. The minimum atomic E-state index is -0.491. The van der Waals surface area contributed by atoms with Gasteiger partial charge in [-0.05, 0) is 24.5 Å². The number of thiazole rings is 1. The van der Waals surface area contributed by atoms with Gasteiger partial charge in [0, 0.05) is 6.54 Å².